The molecule has 1 amide bonds. The van der Waals surface area contributed by atoms with Gasteiger partial charge in [0.1, 0.15) is 5.69 Å². The topological polar surface area (TPSA) is 56.0 Å². The van der Waals surface area contributed by atoms with Crippen molar-refractivity contribution in [2.75, 3.05) is 0 Å². The van der Waals surface area contributed by atoms with Crippen molar-refractivity contribution in [3.63, 3.8) is 0 Å². The van der Waals surface area contributed by atoms with Crippen LogP contribution in [0.3, 0.4) is 0 Å². The third-order valence-electron chi connectivity index (χ3n) is 1.39. The maximum absolute atomic E-state index is 12.3. The number of pyridine rings is 1. The van der Waals surface area contributed by atoms with E-state index in [1.807, 2.05) is 0 Å². The molecule has 0 saturated carbocycles. The summed E-state index contributed by atoms with van der Waals surface area (Å²) in [4.78, 5) is 14.2. The molecular weight excluding hydrogens is 293 g/mol. The van der Waals surface area contributed by atoms with Gasteiger partial charge in [0, 0.05) is 6.20 Å². The lowest BCUT2D eigenvalue weighted by Crippen LogP contribution is -2.14. The van der Waals surface area contributed by atoms with E-state index in [-0.39, 0.29) is 9.13 Å². The van der Waals surface area contributed by atoms with Crippen LogP contribution in [-0.4, -0.2) is 10.9 Å². The molecule has 0 unspecified atom stereocenters. The Bertz CT molecular complexity index is 343. The molecule has 0 spiro atoms. The predicted molar refractivity (Wildman–Crippen MR) is 50.4 cm³/mol. The van der Waals surface area contributed by atoms with Crippen LogP contribution in [0.2, 0.25) is 0 Å². The van der Waals surface area contributed by atoms with Crippen LogP contribution < -0.4 is 5.73 Å². The monoisotopic (exact) mass is 298 g/mol. The Morgan fingerprint density at radius 3 is 2.69 bits per heavy atom. The molecule has 1 aromatic heterocycles. The summed E-state index contributed by atoms with van der Waals surface area (Å²) in [6.45, 7) is 0. The minimum atomic E-state index is -2.69. The quantitative estimate of drug-likeness (QED) is 0.845. The lowest BCUT2D eigenvalue weighted by Gasteiger charge is -2.04. The summed E-state index contributed by atoms with van der Waals surface area (Å²) < 4.78 is 24.6. The first-order chi connectivity index (χ1) is 6.04. The molecule has 0 aromatic carbocycles. The van der Waals surface area contributed by atoms with Gasteiger partial charge in [-0.15, -0.1) is 0 Å². The van der Waals surface area contributed by atoms with Gasteiger partial charge >= 0.3 is 0 Å². The van der Waals surface area contributed by atoms with E-state index in [4.69, 9.17) is 5.73 Å². The summed E-state index contributed by atoms with van der Waals surface area (Å²) in [6.07, 6.45) is -1.55. The fraction of sp³-hybridized carbons (Fsp3) is 0.143. The molecule has 13 heavy (non-hydrogen) atoms. The molecule has 1 heterocycles. The number of nitrogens with zero attached hydrogens (tertiary/aromatic N) is 1. The van der Waals surface area contributed by atoms with Crippen molar-refractivity contribution in [2.24, 2.45) is 5.73 Å². The zero-order chi connectivity index (χ0) is 10.0. The van der Waals surface area contributed by atoms with Crippen LogP contribution in [-0.2, 0) is 0 Å². The normalized spacial score (nSPS) is 10.5. The van der Waals surface area contributed by atoms with Crippen LogP contribution >= 0.6 is 22.6 Å². The number of aromatic nitrogens is 1. The Morgan fingerprint density at radius 2 is 2.23 bits per heavy atom. The molecule has 0 saturated heterocycles. The van der Waals surface area contributed by atoms with Gasteiger partial charge in [-0.25, -0.2) is 8.78 Å². The Balaban J connectivity index is 3.26. The summed E-state index contributed by atoms with van der Waals surface area (Å²) in [5.74, 6) is -0.728. The minimum absolute atomic E-state index is 0.0749. The molecule has 0 atom stereocenters. The highest BCUT2D eigenvalue weighted by atomic mass is 127. The molecule has 0 fully saturated rings. The number of hydrogen-bond donors (Lipinski definition) is 1. The fourth-order valence-corrected chi connectivity index (χ4v) is 1.62. The average molecular weight is 298 g/mol. The lowest BCUT2D eigenvalue weighted by atomic mass is 10.2. The van der Waals surface area contributed by atoms with Crippen molar-refractivity contribution in [3.05, 3.63) is 27.1 Å². The molecule has 1 rings (SSSR count). The van der Waals surface area contributed by atoms with Gasteiger partial charge in [0.25, 0.3) is 6.43 Å². The Labute approximate surface area is 86.5 Å². The van der Waals surface area contributed by atoms with Crippen molar-refractivity contribution in [2.45, 2.75) is 6.43 Å². The number of carbonyl (C=O) groups excluding carboxylic acids is 1. The summed E-state index contributed by atoms with van der Waals surface area (Å²) in [5, 5.41) is 0. The molecule has 0 bridgehead atoms. The van der Waals surface area contributed by atoms with Crippen LogP contribution in [0, 0.1) is 3.57 Å². The number of hydrogen-bond acceptors (Lipinski definition) is 2. The van der Waals surface area contributed by atoms with E-state index in [1.54, 1.807) is 22.6 Å². The predicted octanol–water partition coefficient (Wildman–Crippen LogP) is 1.72. The second kappa shape index (κ2) is 3.95. The highest BCUT2D eigenvalue weighted by Gasteiger charge is 2.17. The third-order valence-corrected chi connectivity index (χ3v) is 2.52. The van der Waals surface area contributed by atoms with Gasteiger partial charge in [-0.05, 0) is 28.7 Å². The number of halogens is 3. The van der Waals surface area contributed by atoms with E-state index in [0.717, 1.165) is 6.20 Å². The maximum Gasteiger partial charge on any atom is 0.281 e. The summed E-state index contributed by atoms with van der Waals surface area (Å²) in [7, 11) is 0. The van der Waals surface area contributed by atoms with Gasteiger partial charge in [-0.2, -0.15) is 0 Å². The number of nitrogens with two attached hydrogens (primary N) is 1. The van der Waals surface area contributed by atoms with Gasteiger partial charge in [-0.1, -0.05) is 0 Å². The van der Waals surface area contributed by atoms with Crippen molar-refractivity contribution >= 4 is 28.5 Å². The molecule has 70 valence electrons. The molecule has 6 heteroatoms. The molecule has 3 nitrogen and oxygen atoms in total. The van der Waals surface area contributed by atoms with E-state index in [9.17, 15) is 13.6 Å². The molecule has 2 N–H and O–H groups in total. The second-order valence-electron chi connectivity index (χ2n) is 2.22. The molecule has 0 aliphatic rings. The second-order valence-corrected chi connectivity index (χ2v) is 3.30. The highest BCUT2D eigenvalue weighted by Crippen LogP contribution is 2.24. The fourth-order valence-electron chi connectivity index (χ4n) is 0.802. The maximum atomic E-state index is 12.3. The van der Waals surface area contributed by atoms with Gasteiger partial charge in [0.2, 0.25) is 5.91 Å². The molecular formula is C7H5F2IN2O. The van der Waals surface area contributed by atoms with E-state index in [1.165, 1.54) is 6.07 Å². The number of alkyl halides is 2. The van der Waals surface area contributed by atoms with E-state index in [2.05, 4.69) is 4.98 Å². The van der Waals surface area contributed by atoms with Crippen LogP contribution in [0.15, 0.2) is 12.3 Å². The van der Waals surface area contributed by atoms with Crippen LogP contribution in [0.4, 0.5) is 8.78 Å². The van der Waals surface area contributed by atoms with Gasteiger partial charge in [0.15, 0.2) is 0 Å². The van der Waals surface area contributed by atoms with Gasteiger partial charge in [-0.3, -0.25) is 9.78 Å². The molecule has 1 aromatic rings. The van der Waals surface area contributed by atoms with Crippen molar-refractivity contribution in [1.82, 2.24) is 4.98 Å². The zero-order valence-electron chi connectivity index (χ0n) is 6.30. The number of rotatable bonds is 2. The standard InChI is InChI=1S/C7H5F2IN2O/c8-6(9)5-4(10)3(7(11)13)1-2-12-5/h1-2,6H,(H2,11,13). The minimum Gasteiger partial charge on any atom is -0.366 e. The summed E-state index contributed by atoms with van der Waals surface area (Å²) >= 11 is 1.63. The Hall–Kier alpha value is -0.790. The number of primary amides is 1. The average Bonchev–Trinajstić information content (AvgIpc) is 2.03. The first-order valence-electron chi connectivity index (χ1n) is 3.26. The molecule has 0 radical (unpaired) electrons. The molecule has 0 aliphatic heterocycles. The first-order valence-corrected chi connectivity index (χ1v) is 4.34. The van der Waals surface area contributed by atoms with E-state index >= 15 is 0 Å². The SMILES string of the molecule is NC(=O)c1ccnc(C(F)F)c1I. The Morgan fingerprint density at radius 1 is 1.62 bits per heavy atom. The van der Waals surface area contributed by atoms with Crippen LogP contribution in [0.25, 0.3) is 0 Å². The van der Waals surface area contributed by atoms with Crippen molar-refractivity contribution in [3.8, 4) is 0 Å². The molecule has 0 aliphatic carbocycles. The zero-order valence-corrected chi connectivity index (χ0v) is 8.46. The summed E-state index contributed by atoms with van der Waals surface area (Å²) in [6, 6.07) is 1.32. The number of carbonyl (C=O) groups is 1. The van der Waals surface area contributed by atoms with Gasteiger partial charge in [0.05, 0.1) is 9.13 Å². The van der Waals surface area contributed by atoms with E-state index < -0.39 is 18.0 Å². The highest BCUT2D eigenvalue weighted by molar-refractivity contribution is 14.1. The largest absolute Gasteiger partial charge is 0.366 e. The van der Waals surface area contributed by atoms with Crippen molar-refractivity contribution in [1.29, 1.82) is 0 Å². The lowest BCUT2D eigenvalue weighted by molar-refractivity contribution is 0.0998. The Kier molecular flexibility index (Phi) is 3.12. The summed E-state index contributed by atoms with van der Waals surface area (Å²) in [5.41, 5.74) is 4.64. The van der Waals surface area contributed by atoms with E-state index in [0.29, 0.717) is 0 Å². The third kappa shape index (κ3) is 2.11. The van der Waals surface area contributed by atoms with Crippen LogP contribution in [0.1, 0.15) is 22.5 Å². The number of amides is 1. The van der Waals surface area contributed by atoms with Crippen LogP contribution in [0.5, 0.6) is 0 Å². The van der Waals surface area contributed by atoms with Crippen molar-refractivity contribution < 1.29 is 13.6 Å². The smallest absolute Gasteiger partial charge is 0.281 e. The first kappa shape index (κ1) is 10.3. The van der Waals surface area contributed by atoms with Gasteiger partial charge < -0.3 is 5.73 Å².